The Morgan fingerprint density at radius 1 is 1.38 bits per heavy atom. The number of methoxy groups -OCH3 is 1. The second-order valence-electron chi connectivity index (χ2n) is 7.82. The fourth-order valence-electron chi connectivity index (χ4n) is 6.09. The van der Waals surface area contributed by atoms with Crippen molar-refractivity contribution in [1.29, 1.82) is 0 Å². The van der Waals surface area contributed by atoms with E-state index >= 15 is 0 Å². The first-order valence-electron chi connectivity index (χ1n) is 9.26. The van der Waals surface area contributed by atoms with Crippen molar-refractivity contribution in [2.45, 2.75) is 31.2 Å². The number of carbonyl (C=O) groups is 2. The summed E-state index contributed by atoms with van der Waals surface area (Å²) in [5, 5.41) is 0. The predicted molar refractivity (Wildman–Crippen MR) is 97.6 cm³/mol. The van der Waals surface area contributed by atoms with Gasteiger partial charge in [0.2, 0.25) is 0 Å². The van der Waals surface area contributed by atoms with Crippen LogP contribution in [0.2, 0.25) is 0 Å². The van der Waals surface area contributed by atoms with Crippen molar-refractivity contribution < 1.29 is 14.3 Å². The molecular formula is C21H22N2O3. The molecular weight excluding hydrogens is 328 g/mol. The maximum absolute atomic E-state index is 13.1. The first-order valence-corrected chi connectivity index (χ1v) is 9.26. The first-order chi connectivity index (χ1) is 12.6. The summed E-state index contributed by atoms with van der Waals surface area (Å²) >= 11 is 0. The van der Waals surface area contributed by atoms with Gasteiger partial charge >= 0.3 is 5.97 Å². The van der Waals surface area contributed by atoms with Crippen LogP contribution in [0.1, 0.15) is 25.3 Å². The molecule has 2 bridgehead atoms. The topological polar surface area (TPSA) is 59.0 Å². The average Bonchev–Trinajstić information content (AvgIpc) is 3.24. The Hall–Kier alpha value is -2.27. The van der Waals surface area contributed by atoms with Crippen molar-refractivity contribution in [3.63, 3.8) is 0 Å². The third-order valence-corrected chi connectivity index (χ3v) is 7.16. The highest BCUT2D eigenvalue weighted by molar-refractivity contribution is 6.25. The van der Waals surface area contributed by atoms with Gasteiger partial charge in [0, 0.05) is 25.0 Å². The number of hydrogen-bond donors (Lipinski definition) is 0. The zero-order chi connectivity index (χ0) is 18.1. The Labute approximate surface area is 152 Å². The number of piperidine rings is 1. The highest BCUT2D eigenvalue weighted by atomic mass is 16.5. The van der Waals surface area contributed by atoms with E-state index in [4.69, 9.17) is 9.73 Å². The number of benzene rings is 1. The Balaban J connectivity index is 1.84. The average molecular weight is 350 g/mol. The smallest absolute Gasteiger partial charge is 0.325 e. The Kier molecular flexibility index (Phi) is 3.15. The van der Waals surface area contributed by atoms with E-state index in [0.29, 0.717) is 0 Å². The number of esters is 1. The molecule has 5 heteroatoms. The van der Waals surface area contributed by atoms with Gasteiger partial charge in [-0.15, -0.1) is 0 Å². The van der Waals surface area contributed by atoms with E-state index in [1.807, 2.05) is 25.1 Å². The molecule has 134 valence electrons. The summed E-state index contributed by atoms with van der Waals surface area (Å²) in [6.45, 7) is 3.76. The summed E-state index contributed by atoms with van der Waals surface area (Å²) in [6.07, 6.45) is 4.57. The lowest BCUT2D eigenvalue weighted by Crippen LogP contribution is -2.66. The van der Waals surface area contributed by atoms with Crippen LogP contribution in [0.25, 0.3) is 0 Å². The lowest BCUT2D eigenvalue weighted by atomic mass is 9.50. The summed E-state index contributed by atoms with van der Waals surface area (Å²) in [4.78, 5) is 33.1. The number of carbonyl (C=O) groups excluding carboxylic acids is 2. The lowest BCUT2D eigenvalue weighted by Gasteiger charge is -2.54. The minimum atomic E-state index is -1.32. The molecule has 5 rings (SSSR count). The molecule has 4 aliphatic rings. The first kappa shape index (κ1) is 15.9. The van der Waals surface area contributed by atoms with Gasteiger partial charge in [-0.2, -0.15) is 0 Å². The Morgan fingerprint density at radius 2 is 2.19 bits per heavy atom. The predicted octanol–water partition coefficient (Wildman–Crippen LogP) is 2.42. The molecule has 0 aromatic heterocycles. The minimum Gasteiger partial charge on any atom is -0.468 e. The summed E-state index contributed by atoms with van der Waals surface area (Å²) in [5.41, 5.74) is 2.27. The molecule has 1 aromatic rings. The highest BCUT2D eigenvalue weighted by Gasteiger charge is 2.71. The van der Waals surface area contributed by atoms with Gasteiger partial charge < -0.3 is 9.53 Å². The quantitative estimate of drug-likeness (QED) is 0.356. The summed E-state index contributed by atoms with van der Waals surface area (Å²) < 4.78 is 5.19. The molecule has 3 aliphatic heterocycles. The maximum Gasteiger partial charge on any atom is 0.325 e. The molecule has 0 unspecified atom stereocenters. The molecule has 2 saturated heterocycles. The van der Waals surface area contributed by atoms with Gasteiger partial charge in [0.1, 0.15) is 6.29 Å². The van der Waals surface area contributed by atoms with Crippen LogP contribution >= 0.6 is 0 Å². The molecule has 26 heavy (non-hydrogen) atoms. The molecule has 0 amide bonds. The third kappa shape index (κ3) is 1.55. The third-order valence-electron chi connectivity index (χ3n) is 7.16. The molecule has 1 aliphatic carbocycles. The SMILES string of the molecule is C/C=C1/CN2CC[C@@]34C(=Nc5ccccc53)[C@@](C=O)(C(=O)OC)[C@H]1C[C@H]24. The normalized spacial score (nSPS) is 38.5. The van der Waals surface area contributed by atoms with Crippen molar-refractivity contribution in [3.05, 3.63) is 41.5 Å². The van der Waals surface area contributed by atoms with Crippen molar-refractivity contribution in [1.82, 2.24) is 4.90 Å². The Morgan fingerprint density at radius 3 is 2.92 bits per heavy atom. The fourth-order valence-corrected chi connectivity index (χ4v) is 6.09. The van der Waals surface area contributed by atoms with E-state index in [-0.39, 0.29) is 17.4 Å². The fraction of sp³-hybridized carbons (Fsp3) is 0.476. The number of aldehydes is 1. The summed E-state index contributed by atoms with van der Waals surface area (Å²) in [5.74, 6) is -0.639. The number of aliphatic imine (C=N–C) groups is 1. The second-order valence-corrected chi connectivity index (χ2v) is 7.82. The second kappa shape index (κ2) is 5.13. The largest absolute Gasteiger partial charge is 0.468 e. The van der Waals surface area contributed by atoms with Crippen molar-refractivity contribution in [3.8, 4) is 0 Å². The van der Waals surface area contributed by atoms with E-state index in [9.17, 15) is 9.59 Å². The van der Waals surface area contributed by atoms with Crippen LogP contribution in [-0.2, 0) is 19.7 Å². The van der Waals surface area contributed by atoms with Crippen molar-refractivity contribution in [2.24, 2.45) is 16.3 Å². The Bertz CT molecular complexity index is 889. The zero-order valence-corrected chi connectivity index (χ0v) is 15.1. The van der Waals surface area contributed by atoms with E-state index in [0.717, 1.165) is 49.2 Å². The van der Waals surface area contributed by atoms with E-state index in [1.165, 1.54) is 12.7 Å². The van der Waals surface area contributed by atoms with Gasteiger partial charge in [0.25, 0.3) is 0 Å². The molecule has 3 heterocycles. The zero-order valence-electron chi connectivity index (χ0n) is 15.1. The molecule has 0 N–H and O–H groups in total. The van der Waals surface area contributed by atoms with Crippen LogP contribution in [0.15, 0.2) is 40.9 Å². The van der Waals surface area contributed by atoms with Crippen LogP contribution in [0.5, 0.6) is 0 Å². The van der Waals surface area contributed by atoms with E-state index < -0.39 is 11.4 Å². The lowest BCUT2D eigenvalue weighted by molar-refractivity contribution is -0.154. The van der Waals surface area contributed by atoms with Crippen LogP contribution in [0, 0.1) is 11.3 Å². The number of fused-ring (bicyclic) bond motifs is 2. The van der Waals surface area contributed by atoms with Crippen LogP contribution < -0.4 is 0 Å². The summed E-state index contributed by atoms with van der Waals surface area (Å²) in [6, 6.07) is 8.39. The molecule has 1 aromatic carbocycles. The molecule has 3 fully saturated rings. The molecule has 1 saturated carbocycles. The van der Waals surface area contributed by atoms with Gasteiger partial charge in [-0.05, 0) is 31.4 Å². The van der Waals surface area contributed by atoms with E-state index in [1.54, 1.807) is 0 Å². The van der Waals surface area contributed by atoms with Crippen LogP contribution in [-0.4, -0.2) is 49.1 Å². The number of para-hydroxylation sites is 1. The minimum absolute atomic E-state index is 0.169. The summed E-state index contributed by atoms with van der Waals surface area (Å²) in [7, 11) is 1.37. The van der Waals surface area contributed by atoms with Gasteiger partial charge in [-0.1, -0.05) is 29.8 Å². The number of nitrogens with zero attached hydrogens (tertiary/aromatic N) is 2. The van der Waals surface area contributed by atoms with Crippen molar-refractivity contribution >= 4 is 23.7 Å². The van der Waals surface area contributed by atoms with Gasteiger partial charge in [0.05, 0.1) is 23.9 Å². The molecule has 5 nitrogen and oxygen atoms in total. The molecule has 0 radical (unpaired) electrons. The molecule has 1 spiro atoms. The number of hydrogen-bond acceptors (Lipinski definition) is 5. The number of ether oxygens (including phenoxy) is 1. The number of allylic oxidation sites excluding steroid dienone is 1. The number of rotatable bonds is 2. The highest BCUT2D eigenvalue weighted by Crippen LogP contribution is 2.63. The van der Waals surface area contributed by atoms with Crippen LogP contribution in [0.3, 0.4) is 0 Å². The van der Waals surface area contributed by atoms with Gasteiger partial charge in [-0.25, -0.2) is 0 Å². The van der Waals surface area contributed by atoms with Gasteiger partial charge in [-0.3, -0.25) is 14.7 Å². The standard InChI is InChI=1S/C21H22N2O3/c1-3-13-11-23-9-8-20-14-6-4-5-7-16(14)22-18(20)21(12-24,19(25)26-2)15(13)10-17(20)23/h3-7,12,15,17H,8-11H2,1-2H3/b13-3-/t15-,17-,20+,21-/m0/s1. The van der Waals surface area contributed by atoms with Gasteiger partial charge in [0.15, 0.2) is 5.41 Å². The van der Waals surface area contributed by atoms with Crippen molar-refractivity contribution in [2.75, 3.05) is 20.2 Å². The monoisotopic (exact) mass is 350 g/mol. The maximum atomic E-state index is 13.1. The van der Waals surface area contributed by atoms with E-state index in [2.05, 4.69) is 17.0 Å². The molecule has 4 atom stereocenters. The van der Waals surface area contributed by atoms with Crippen LogP contribution in [0.4, 0.5) is 5.69 Å².